The molecule has 4 rings (SSSR count). The number of piperidine rings is 1. The van der Waals surface area contributed by atoms with Crippen molar-refractivity contribution >= 4 is 24.7 Å². The molecule has 5 nitrogen and oxygen atoms in total. The molecule has 0 bridgehead atoms. The number of carbonyl (C=O) groups excluding carboxylic acids is 1. The van der Waals surface area contributed by atoms with Gasteiger partial charge in [-0.1, -0.05) is 12.1 Å². The second kappa shape index (κ2) is 6.25. The van der Waals surface area contributed by atoms with Gasteiger partial charge in [0.15, 0.2) is 0 Å². The first-order chi connectivity index (χ1) is 12.5. The fourth-order valence-corrected chi connectivity index (χ4v) is 3.74. The van der Waals surface area contributed by atoms with Crippen molar-refractivity contribution in [2.75, 3.05) is 13.1 Å². The average Bonchev–Trinajstić information content (AvgIpc) is 3.05. The second-order valence-corrected chi connectivity index (χ2v) is 7.22. The average molecular weight is 350 g/mol. The van der Waals surface area contributed by atoms with E-state index in [1.165, 1.54) is 18.1 Å². The predicted molar refractivity (Wildman–Crippen MR) is 102 cm³/mol. The number of primary amides is 1. The Labute approximate surface area is 151 Å². The highest BCUT2D eigenvalue weighted by molar-refractivity contribution is 6.16. The SMILES string of the molecule is BC1(c2ccc(-n3cc4cc(F)cc(C(N)=O)c4n3)cc2)CCCNC1. The van der Waals surface area contributed by atoms with Gasteiger partial charge in [0.25, 0.3) is 5.91 Å². The first-order valence-electron chi connectivity index (χ1n) is 8.77. The highest BCUT2D eigenvalue weighted by atomic mass is 19.1. The van der Waals surface area contributed by atoms with Crippen molar-refractivity contribution < 1.29 is 9.18 Å². The lowest BCUT2D eigenvalue weighted by molar-refractivity contribution is 0.100. The van der Waals surface area contributed by atoms with E-state index in [0.29, 0.717) is 10.9 Å². The Morgan fingerprint density at radius 1 is 1.31 bits per heavy atom. The Morgan fingerprint density at radius 2 is 2.08 bits per heavy atom. The monoisotopic (exact) mass is 350 g/mol. The maximum Gasteiger partial charge on any atom is 0.251 e. The van der Waals surface area contributed by atoms with Crippen molar-refractivity contribution in [3.05, 3.63) is 59.5 Å². The summed E-state index contributed by atoms with van der Waals surface area (Å²) in [6.45, 7) is 2.05. The predicted octanol–water partition coefficient (Wildman–Crippen LogP) is 1.48. The van der Waals surface area contributed by atoms with Crippen molar-refractivity contribution in [1.29, 1.82) is 0 Å². The minimum Gasteiger partial charge on any atom is -0.366 e. The summed E-state index contributed by atoms with van der Waals surface area (Å²) in [7, 11) is 2.28. The van der Waals surface area contributed by atoms with Gasteiger partial charge in [0.05, 0.1) is 11.3 Å². The van der Waals surface area contributed by atoms with Gasteiger partial charge in [-0.3, -0.25) is 4.79 Å². The van der Waals surface area contributed by atoms with E-state index >= 15 is 0 Å². The normalized spacial score (nSPS) is 20.3. The van der Waals surface area contributed by atoms with Crippen LogP contribution in [0, 0.1) is 5.82 Å². The quantitative estimate of drug-likeness (QED) is 0.703. The van der Waals surface area contributed by atoms with Gasteiger partial charge in [0, 0.05) is 11.6 Å². The number of hydrogen-bond donors (Lipinski definition) is 2. The van der Waals surface area contributed by atoms with Crippen LogP contribution in [0.5, 0.6) is 0 Å². The fraction of sp³-hybridized carbons (Fsp3) is 0.263. The van der Waals surface area contributed by atoms with E-state index < -0.39 is 11.7 Å². The van der Waals surface area contributed by atoms with E-state index in [4.69, 9.17) is 5.73 Å². The molecule has 1 aliphatic heterocycles. The molecule has 3 N–H and O–H groups in total. The fourth-order valence-electron chi connectivity index (χ4n) is 3.74. The summed E-state index contributed by atoms with van der Waals surface area (Å²) in [5, 5.41) is 8.59. The van der Waals surface area contributed by atoms with Gasteiger partial charge < -0.3 is 11.1 Å². The van der Waals surface area contributed by atoms with Crippen molar-refractivity contribution in [3.8, 4) is 5.69 Å². The van der Waals surface area contributed by atoms with Gasteiger partial charge in [-0.2, -0.15) is 5.10 Å². The summed E-state index contributed by atoms with van der Waals surface area (Å²) < 4.78 is 15.4. The number of nitrogens with two attached hydrogens (primary N) is 1. The van der Waals surface area contributed by atoms with E-state index in [-0.39, 0.29) is 10.9 Å². The van der Waals surface area contributed by atoms with Crippen molar-refractivity contribution in [2.24, 2.45) is 5.73 Å². The maximum absolute atomic E-state index is 13.7. The number of benzene rings is 2. The van der Waals surface area contributed by atoms with Crippen LogP contribution in [0.4, 0.5) is 4.39 Å². The number of nitrogens with zero attached hydrogens (tertiary/aromatic N) is 2. The first-order valence-corrected chi connectivity index (χ1v) is 8.77. The number of nitrogens with one attached hydrogen (secondary N) is 1. The van der Waals surface area contributed by atoms with E-state index in [0.717, 1.165) is 31.3 Å². The molecule has 1 unspecified atom stereocenters. The summed E-state index contributed by atoms with van der Waals surface area (Å²) in [6, 6.07) is 10.7. The van der Waals surface area contributed by atoms with Gasteiger partial charge in [-0.15, -0.1) is 0 Å². The van der Waals surface area contributed by atoms with E-state index in [1.54, 1.807) is 10.9 Å². The highest BCUT2D eigenvalue weighted by Gasteiger charge is 2.28. The third-order valence-corrected chi connectivity index (χ3v) is 5.26. The Kier molecular flexibility index (Phi) is 4.03. The number of rotatable bonds is 3. The standard InChI is InChI=1S/C19H20BFN4O/c20-19(6-1-7-23-11-19)13-2-4-15(5-3-13)25-10-12-8-14(21)9-16(18(22)26)17(12)24-25/h2-5,8-10,23H,1,6-7,11,20H2,(H2,22,26). The molecular formula is C19H20BFN4O. The molecule has 2 aromatic carbocycles. The smallest absolute Gasteiger partial charge is 0.251 e. The minimum absolute atomic E-state index is 0.0937. The van der Waals surface area contributed by atoms with Gasteiger partial charge in [0.1, 0.15) is 19.2 Å². The Balaban J connectivity index is 1.72. The van der Waals surface area contributed by atoms with Crippen molar-refractivity contribution in [3.63, 3.8) is 0 Å². The van der Waals surface area contributed by atoms with E-state index in [9.17, 15) is 9.18 Å². The number of amides is 1. The molecule has 1 aromatic heterocycles. The molecule has 26 heavy (non-hydrogen) atoms. The van der Waals surface area contributed by atoms with Gasteiger partial charge in [0.2, 0.25) is 0 Å². The maximum atomic E-state index is 13.7. The molecule has 1 atom stereocenters. The summed E-state index contributed by atoms with van der Waals surface area (Å²) in [4.78, 5) is 11.6. The molecule has 0 aliphatic carbocycles. The van der Waals surface area contributed by atoms with Gasteiger partial charge in [-0.25, -0.2) is 9.07 Å². The molecule has 0 saturated carbocycles. The largest absolute Gasteiger partial charge is 0.366 e. The number of aromatic nitrogens is 2. The summed E-state index contributed by atoms with van der Waals surface area (Å²) in [6.07, 6.45) is 4.04. The van der Waals surface area contributed by atoms with E-state index in [1.807, 2.05) is 12.1 Å². The van der Waals surface area contributed by atoms with Crippen LogP contribution in [0.1, 0.15) is 28.8 Å². The third-order valence-electron chi connectivity index (χ3n) is 5.26. The minimum atomic E-state index is -0.687. The molecule has 2 heterocycles. The van der Waals surface area contributed by atoms with Gasteiger partial charge >= 0.3 is 0 Å². The van der Waals surface area contributed by atoms with Crippen molar-refractivity contribution in [2.45, 2.75) is 18.2 Å². The zero-order valence-electron chi connectivity index (χ0n) is 14.6. The summed E-state index contributed by atoms with van der Waals surface area (Å²) in [5.74, 6) is -1.19. The number of hydrogen-bond acceptors (Lipinski definition) is 3. The molecule has 1 saturated heterocycles. The number of halogens is 1. The zero-order valence-corrected chi connectivity index (χ0v) is 14.6. The van der Waals surface area contributed by atoms with Crippen LogP contribution in [0.15, 0.2) is 42.6 Å². The molecule has 1 amide bonds. The van der Waals surface area contributed by atoms with Crippen LogP contribution >= 0.6 is 0 Å². The Morgan fingerprint density at radius 3 is 2.73 bits per heavy atom. The third kappa shape index (κ3) is 2.88. The lowest BCUT2D eigenvalue weighted by Crippen LogP contribution is -2.43. The molecular weight excluding hydrogens is 330 g/mol. The van der Waals surface area contributed by atoms with Crippen LogP contribution in [0.25, 0.3) is 16.6 Å². The molecule has 1 aliphatic rings. The van der Waals surface area contributed by atoms with Crippen LogP contribution < -0.4 is 11.1 Å². The second-order valence-electron chi connectivity index (χ2n) is 7.22. The van der Waals surface area contributed by atoms with Crippen LogP contribution in [0.3, 0.4) is 0 Å². The van der Waals surface area contributed by atoms with Crippen LogP contribution in [-0.4, -0.2) is 36.6 Å². The number of carbonyl (C=O) groups is 1. The van der Waals surface area contributed by atoms with Crippen LogP contribution in [-0.2, 0) is 5.31 Å². The Hall–Kier alpha value is -2.67. The summed E-state index contributed by atoms with van der Waals surface area (Å²) in [5.41, 5.74) is 8.00. The van der Waals surface area contributed by atoms with Gasteiger partial charge in [-0.05, 0) is 61.1 Å². The Bertz CT molecular complexity index is 977. The highest BCUT2D eigenvalue weighted by Crippen LogP contribution is 2.29. The molecule has 132 valence electrons. The lowest BCUT2D eigenvalue weighted by Gasteiger charge is -2.35. The zero-order chi connectivity index (χ0) is 18.3. The number of fused-ring (bicyclic) bond motifs is 1. The molecule has 0 spiro atoms. The molecule has 0 radical (unpaired) electrons. The van der Waals surface area contributed by atoms with Crippen LogP contribution in [0.2, 0.25) is 0 Å². The summed E-state index contributed by atoms with van der Waals surface area (Å²) >= 11 is 0. The molecule has 1 fully saturated rings. The lowest BCUT2D eigenvalue weighted by atomic mass is 9.60. The molecule has 3 aromatic rings. The molecule has 7 heteroatoms. The first kappa shape index (κ1) is 16.8. The van der Waals surface area contributed by atoms with E-state index in [2.05, 4.69) is 30.4 Å². The topological polar surface area (TPSA) is 72.9 Å². The van der Waals surface area contributed by atoms with Crippen molar-refractivity contribution in [1.82, 2.24) is 15.1 Å².